The van der Waals surface area contributed by atoms with Crippen molar-refractivity contribution >= 4 is 15.7 Å². The van der Waals surface area contributed by atoms with Gasteiger partial charge in [0, 0.05) is 19.0 Å². The van der Waals surface area contributed by atoms with Crippen LogP contribution in [0.15, 0.2) is 18.2 Å². The van der Waals surface area contributed by atoms with E-state index in [0.29, 0.717) is 32.5 Å². The van der Waals surface area contributed by atoms with Crippen molar-refractivity contribution in [2.45, 2.75) is 37.7 Å². The van der Waals surface area contributed by atoms with E-state index in [4.69, 9.17) is 9.47 Å². The lowest BCUT2D eigenvalue weighted by atomic mass is 9.79. The first-order valence-electron chi connectivity index (χ1n) is 9.73. The van der Waals surface area contributed by atoms with Gasteiger partial charge in [-0.2, -0.15) is 0 Å². The highest BCUT2D eigenvalue weighted by molar-refractivity contribution is 7.91. The van der Waals surface area contributed by atoms with Crippen LogP contribution in [-0.4, -0.2) is 57.5 Å². The molecule has 0 bridgehead atoms. The van der Waals surface area contributed by atoms with Gasteiger partial charge in [0.15, 0.2) is 0 Å². The molecule has 1 aromatic rings. The molecule has 0 aliphatic carbocycles. The van der Waals surface area contributed by atoms with E-state index in [0.717, 1.165) is 25.0 Å². The van der Waals surface area contributed by atoms with Gasteiger partial charge in [-0.1, -0.05) is 6.07 Å². The molecular weight excluding hydrogens is 366 g/mol. The number of carbonyl (C=O) groups excluding carboxylic acids is 1. The molecule has 2 fully saturated rings. The van der Waals surface area contributed by atoms with Gasteiger partial charge in [0.1, 0.15) is 15.6 Å². The fourth-order valence-corrected chi connectivity index (χ4v) is 6.17. The Balaban J connectivity index is 1.44. The van der Waals surface area contributed by atoms with Gasteiger partial charge >= 0.3 is 0 Å². The zero-order chi connectivity index (χ0) is 19.1. The third-order valence-corrected chi connectivity index (χ3v) is 8.06. The third kappa shape index (κ3) is 3.59. The van der Waals surface area contributed by atoms with Crippen molar-refractivity contribution in [3.05, 3.63) is 29.3 Å². The van der Waals surface area contributed by atoms with Crippen molar-refractivity contribution in [3.8, 4) is 5.75 Å². The van der Waals surface area contributed by atoms with Crippen LogP contribution in [0.1, 0.15) is 36.8 Å². The summed E-state index contributed by atoms with van der Waals surface area (Å²) in [7, 11) is -1.26. The van der Waals surface area contributed by atoms with E-state index in [1.807, 2.05) is 11.0 Å². The van der Waals surface area contributed by atoms with Gasteiger partial charge in [0.05, 0.1) is 30.8 Å². The molecule has 3 heterocycles. The van der Waals surface area contributed by atoms with E-state index in [1.54, 1.807) is 7.11 Å². The molecule has 6 nitrogen and oxygen atoms in total. The van der Waals surface area contributed by atoms with E-state index in [-0.39, 0.29) is 28.9 Å². The lowest BCUT2D eigenvalue weighted by Gasteiger charge is -2.45. The molecule has 4 rings (SSSR count). The quantitative estimate of drug-likeness (QED) is 0.767. The van der Waals surface area contributed by atoms with Crippen molar-refractivity contribution in [1.29, 1.82) is 0 Å². The molecule has 3 aliphatic rings. The summed E-state index contributed by atoms with van der Waals surface area (Å²) in [6.45, 7) is 2.01. The number of piperidine rings is 1. The summed E-state index contributed by atoms with van der Waals surface area (Å²) in [5, 5.41) is 0. The summed E-state index contributed by atoms with van der Waals surface area (Å²) in [4.78, 5) is 14.7. The summed E-state index contributed by atoms with van der Waals surface area (Å²) in [5.41, 5.74) is 2.19. The second kappa shape index (κ2) is 7.09. The Labute approximate surface area is 160 Å². The van der Waals surface area contributed by atoms with Crippen LogP contribution in [-0.2, 0) is 31.4 Å². The maximum atomic E-state index is 12.8. The number of hydrogen-bond acceptors (Lipinski definition) is 5. The first-order chi connectivity index (χ1) is 12.9. The Hall–Kier alpha value is -1.60. The predicted molar refractivity (Wildman–Crippen MR) is 102 cm³/mol. The van der Waals surface area contributed by atoms with Crippen LogP contribution in [0, 0.1) is 5.92 Å². The number of benzene rings is 1. The minimum atomic E-state index is -2.94. The Morgan fingerprint density at radius 3 is 2.59 bits per heavy atom. The van der Waals surface area contributed by atoms with Crippen molar-refractivity contribution in [3.63, 3.8) is 0 Å². The van der Waals surface area contributed by atoms with Crippen LogP contribution >= 0.6 is 0 Å². The molecule has 0 N–H and O–H groups in total. The highest BCUT2D eigenvalue weighted by atomic mass is 32.2. The van der Waals surface area contributed by atoms with Crippen LogP contribution in [0.3, 0.4) is 0 Å². The molecular formula is C20H27NO5S. The molecule has 27 heavy (non-hydrogen) atoms. The van der Waals surface area contributed by atoms with E-state index >= 15 is 0 Å². The number of rotatable bonds is 2. The summed E-state index contributed by atoms with van der Waals surface area (Å²) in [6, 6.07) is 6.19. The van der Waals surface area contributed by atoms with Gasteiger partial charge in [-0.3, -0.25) is 4.79 Å². The van der Waals surface area contributed by atoms with E-state index in [9.17, 15) is 13.2 Å². The van der Waals surface area contributed by atoms with Crippen molar-refractivity contribution in [1.82, 2.24) is 4.90 Å². The molecule has 0 radical (unpaired) electrons. The number of fused-ring (bicyclic) bond motifs is 2. The predicted octanol–water partition coefficient (Wildman–Crippen LogP) is 1.91. The van der Waals surface area contributed by atoms with Gasteiger partial charge < -0.3 is 14.4 Å². The summed E-state index contributed by atoms with van der Waals surface area (Å²) in [6.07, 6.45) is 3.36. The minimum Gasteiger partial charge on any atom is -0.497 e. The topological polar surface area (TPSA) is 72.9 Å². The average Bonchev–Trinajstić information content (AvgIpc) is 2.68. The zero-order valence-electron chi connectivity index (χ0n) is 15.8. The molecule has 3 aliphatic heterocycles. The van der Waals surface area contributed by atoms with Crippen LogP contribution in [0.4, 0.5) is 0 Å². The Morgan fingerprint density at radius 1 is 1.22 bits per heavy atom. The lowest BCUT2D eigenvalue weighted by Crippen LogP contribution is -2.50. The number of likely N-dealkylation sites (tertiary alicyclic amines) is 1. The standard InChI is InChI=1S/C20H27NO5S/c1-25-17-2-3-18-16(14-17)4-11-26-20(18)7-9-21(10-8-20)19(22)15-5-12-27(23,24)13-6-15/h2-3,14-15H,4-13H2,1H3. The molecule has 1 aromatic carbocycles. The van der Waals surface area contributed by atoms with Crippen LogP contribution in [0.2, 0.25) is 0 Å². The molecule has 0 saturated carbocycles. The fraction of sp³-hybridized carbons (Fsp3) is 0.650. The number of hydrogen-bond donors (Lipinski definition) is 0. The third-order valence-electron chi connectivity index (χ3n) is 6.34. The molecule has 0 unspecified atom stereocenters. The molecule has 1 spiro atoms. The van der Waals surface area contributed by atoms with Crippen LogP contribution in [0.5, 0.6) is 5.75 Å². The smallest absolute Gasteiger partial charge is 0.225 e. The van der Waals surface area contributed by atoms with Crippen LogP contribution < -0.4 is 4.74 Å². The van der Waals surface area contributed by atoms with Gasteiger partial charge in [0.25, 0.3) is 0 Å². The van der Waals surface area contributed by atoms with Gasteiger partial charge in [0.2, 0.25) is 5.91 Å². The molecule has 2 saturated heterocycles. The molecule has 0 atom stereocenters. The van der Waals surface area contributed by atoms with E-state index < -0.39 is 9.84 Å². The highest BCUT2D eigenvalue weighted by Gasteiger charge is 2.43. The van der Waals surface area contributed by atoms with Crippen molar-refractivity contribution in [2.24, 2.45) is 5.92 Å². The number of sulfone groups is 1. The summed E-state index contributed by atoms with van der Waals surface area (Å²) in [5.74, 6) is 1.11. The largest absolute Gasteiger partial charge is 0.497 e. The van der Waals surface area contributed by atoms with E-state index in [1.165, 1.54) is 11.1 Å². The van der Waals surface area contributed by atoms with Gasteiger partial charge in [-0.25, -0.2) is 8.42 Å². The maximum Gasteiger partial charge on any atom is 0.225 e. The Morgan fingerprint density at radius 2 is 1.93 bits per heavy atom. The second-order valence-corrected chi connectivity index (χ2v) is 10.2. The molecule has 1 amide bonds. The number of amides is 1. The minimum absolute atomic E-state index is 0.116. The van der Waals surface area contributed by atoms with Gasteiger partial charge in [-0.05, 0) is 55.4 Å². The first kappa shape index (κ1) is 18.7. The summed E-state index contributed by atoms with van der Waals surface area (Å²) >= 11 is 0. The van der Waals surface area contributed by atoms with Crippen molar-refractivity contribution in [2.75, 3.05) is 38.3 Å². The van der Waals surface area contributed by atoms with E-state index in [2.05, 4.69) is 12.1 Å². The number of methoxy groups -OCH3 is 1. The highest BCUT2D eigenvalue weighted by Crippen LogP contribution is 2.42. The lowest BCUT2D eigenvalue weighted by molar-refractivity contribution is -0.145. The normalized spacial score (nSPS) is 24.4. The average molecular weight is 394 g/mol. The number of ether oxygens (including phenoxy) is 2. The molecule has 0 aromatic heterocycles. The SMILES string of the molecule is COc1ccc2c(c1)CCOC21CCN(C(=O)C2CCS(=O)(=O)CC2)CC1. The second-order valence-electron chi connectivity index (χ2n) is 7.87. The Kier molecular flexibility index (Phi) is 4.93. The van der Waals surface area contributed by atoms with Gasteiger partial charge in [-0.15, -0.1) is 0 Å². The number of carbonyl (C=O) groups is 1. The summed E-state index contributed by atoms with van der Waals surface area (Å²) < 4.78 is 34.8. The fourth-order valence-electron chi connectivity index (χ4n) is 4.68. The monoisotopic (exact) mass is 393 g/mol. The number of nitrogens with zero attached hydrogens (tertiary/aromatic N) is 1. The Bertz CT molecular complexity index is 813. The molecule has 7 heteroatoms. The maximum absolute atomic E-state index is 12.8. The first-order valence-corrected chi connectivity index (χ1v) is 11.6. The zero-order valence-corrected chi connectivity index (χ0v) is 16.6. The molecule has 148 valence electrons. The van der Waals surface area contributed by atoms with Crippen molar-refractivity contribution < 1.29 is 22.7 Å². The van der Waals surface area contributed by atoms with Crippen LogP contribution in [0.25, 0.3) is 0 Å².